The first-order valence-electron chi connectivity index (χ1n) is 10.8. The fraction of sp³-hybridized carbons (Fsp3) is 0.375. The predicted octanol–water partition coefficient (Wildman–Crippen LogP) is 4.97. The summed E-state index contributed by atoms with van der Waals surface area (Å²) in [6.45, 7) is 7.30. The van der Waals surface area contributed by atoms with Crippen LogP contribution in [0.3, 0.4) is 0 Å². The average molecular weight is 479 g/mol. The third-order valence-corrected chi connectivity index (χ3v) is 6.09. The lowest BCUT2D eigenvalue weighted by Gasteiger charge is -2.26. The molecule has 1 aliphatic heterocycles. The van der Waals surface area contributed by atoms with Gasteiger partial charge in [0.25, 0.3) is 0 Å². The van der Waals surface area contributed by atoms with Gasteiger partial charge in [-0.3, -0.25) is 4.90 Å². The van der Waals surface area contributed by atoms with Crippen LogP contribution in [-0.4, -0.2) is 41.0 Å². The highest BCUT2D eigenvalue weighted by Crippen LogP contribution is 2.31. The van der Waals surface area contributed by atoms with Gasteiger partial charge < -0.3 is 10.1 Å². The van der Waals surface area contributed by atoms with Crippen molar-refractivity contribution in [2.24, 2.45) is 0 Å². The molecule has 1 aliphatic rings. The molecule has 1 saturated heterocycles. The number of ether oxygens (including phenoxy) is 1. The van der Waals surface area contributed by atoms with Crippen molar-refractivity contribution in [1.82, 2.24) is 20.0 Å². The van der Waals surface area contributed by atoms with Crippen LogP contribution in [0.2, 0.25) is 5.15 Å². The molecule has 0 radical (unpaired) electrons. The highest BCUT2D eigenvalue weighted by Gasteiger charge is 2.30. The number of hydrogen-bond acceptors (Lipinski definition) is 4. The molecule has 0 aliphatic carbocycles. The van der Waals surface area contributed by atoms with Crippen LogP contribution in [0.25, 0.3) is 5.69 Å². The minimum Gasteiger partial charge on any atom is -0.379 e. The Morgan fingerprint density at radius 3 is 2.42 bits per heavy atom. The lowest BCUT2D eigenvalue weighted by atomic mass is 10.1. The Hall–Kier alpha value is -2.39. The van der Waals surface area contributed by atoms with Gasteiger partial charge in [-0.1, -0.05) is 41.9 Å². The summed E-state index contributed by atoms with van der Waals surface area (Å²) in [6.07, 6.45) is -4.42. The van der Waals surface area contributed by atoms with Crippen molar-refractivity contribution >= 4 is 11.6 Å². The molecule has 4 rings (SSSR count). The standard InChI is InChI=1S/C24H26ClF3N4O/c1-17-22(23(25)32(30-17)21-4-2-3-20(13-21)24(26,27)28)15-29-14-18-5-7-19(8-6-18)16-31-9-11-33-12-10-31/h2-8,13,29H,9-12,14-16H2,1H3. The number of aromatic nitrogens is 2. The molecule has 9 heteroatoms. The predicted molar refractivity (Wildman–Crippen MR) is 121 cm³/mol. The Labute approximate surface area is 196 Å². The lowest BCUT2D eigenvalue weighted by molar-refractivity contribution is -0.137. The van der Waals surface area contributed by atoms with Gasteiger partial charge in [-0.25, -0.2) is 4.68 Å². The molecular weight excluding hydrogens is 453 g/mol. The largest absolute Gasteiger partial charge is 0.416 e. The van der Waals surface area contributed by atoms with E-state index in [9.17, 15) is 13.2 Å². The SMILES string of the molecule is Cc1nn(-c2cccc(C(F)(F)F)c2)c(Cl)c1CNCc1ccc(CN2CCOCC2)cc1. The van der Waals surface area contributed by atoms with Gasteiger partial charge in [0.05, 0.1) is 30.2 Å². The Bertz CT molecular complexity index is 1080. The molecule has 1 aromatic heterocycles. The lowest BCUT2D eigenvalue weighted by Crippen LogP contribution is -2.35. The summed E-state index contributed by atoms with van der Waals surface area (Å²) >= 11 is 6.49. The number of nitrogens with one attached hydrogen (secondary N) is 1. The minimum absolute atomic E-state index is 0.278. The molecule has 0 saturated carbocycles. The average Bonchev–Trinajstić information content (AvgIpc) is 3.09. The van der Waals surface area contributed by atoms with Crippen LogP contribution in [0.5, 0.6) is 0 Å². The second kappa shape index (κ2) is 10.3. The molecule has 5 nitrogen and oxygen atoms in total. The van der Waals surface area contributed by atoms with E-state index in [0.717, 1.165) is 56.1 Å². The van der Waals surface area contributed by atoms with Crippen LogP contribution in [0.1, 0.15) is 27.9 Å². The quantitative estimate of drug-likeness (QED) is 0.520. The van der Waals surface area contributed by atoms with Crippen molar-refractivity contribution in [2.45, 2.75) is 32.7 Å². The van der Waals surface area contributed by atoms with E-state index in [2.05, 4.69) is 39.6 Å². The van der Waals surface area contributed by atoms with Crippen LogP contribution in [0, 0.1) is 6.92 Å². The van der Waals surface area contributed by atoms with E-state index in [1.165, 1.54) is 16.3 Å². The van der Waals surface area contributed by atoms with Crippen molar-refractivity contribution in [2.75, 3.05) is 26.3 Å². The first kappa shape index (κ1) is 23.8. The molecule has 3 aromatic rings. The number of alkyl halides is 3. The van der Waals surface area contributed by atoms with Crippen LogP contribution in [0.4, 0.5) is 13.2 Å². The number of nitrogens with zero attached hydrogens (tertiary/aromatic N) is 3. The number of aryl methyl sites for hydroxylation is 1. The number of halogens is 4. The number of morpholine rings is 1. The van der Waals surface area contributed by atoms with E-state index in [0.29, 0.717) is 23.9 Å². The van der Waals surface area contributed by atoms with Gasteiger partial charge in [0, 0.05) is 38.3 Å². The monoisotopic (exact) mass is 478 g/mol. The number of benzene rings is 2. The third kappa shape index (κ3) is 5.95. The maximum Gasteiger partial charge on any atom is 0.416 e. The Balaban J connectivity index is 1.37. The number of hydrogen-bond donors (Lipinski definition) is 1. The molecule has 0 bridgehead atoms. The van der Waals surface area contributed by atoms with E-state index < -0.39 is 11.7 Å². The molecule has 2 heterocycles. The topological polar surface area (TPSA) is 42.3 Å². The van der Waals surface area contributed by atoms with Crippen LogP contribution < -0.4 is 5.32 Å². The first-order chi connectivity index (χ1) is 15.8. The van der Waals surface area contributed by atoms with E-state index in [-0.39, 0.29) is 5.69 Å². The summed E-state index contributed by atoms with van der Waals surface area (Å²) in [7, 11) is 0. The zero-order valence-corrected chi connectivity index (χ0v) is 19.1. The van der Waals surface area contributed by atoms with E-state index >= 15 is 0 Å². The number of rotatable bonds is 7. The summed E-state index contributed by atoms with van der Waals surface area (Å²) in [6, 6.07) is 13.5. The normalized spacial score (nSPS) is 15.2. The summed E-state index contributed by atoms with van der Waals surface area (Å²) < 4.78 is 45.9. The van der Waals surface area contributed by atoms with Crippen molar-refractivity contribution in [3.05, 3.63) is 81.6 Å². The van der Waals surface area contributed by atoms with E-state index in [1.807, 2.05) is 0 Å². The van der Waals surface area contributed by atoms with Gasteiger partial charge in [0.15, 0.2) is 0 Å². The molecule has 0 atom stereocenters. The van der Waals surface area contributed by atoms with Crippen molar-refractivity contribution < 1.29 is 17.9 Å². The summed E-state index contributed by atoms with van der Waals surface area (Å²) in [5.41, 5.74) is 3.38. The van der Waals surface area contributed by atoms with Crippen molar-refractivity contribution in [1.29, 1.82) is 0 Å². The molecule has 1 N–H and O–H groups in total. The summed E-state index contributed by atoms with van der Waals surface area (Å²) in [4.78, 5) is 2.38. The van der Waals surface area contributed by atoms with Gasteiger partial charge in [-0.05, 0) is 36.2 Å². The highest BCUT2D eigenvalue weighted by molar-refractivity contribution is 6.30. The van der Waals surface area contributed by atoms with Gasteiger partial charge >= 0.3 is 6.18 Å². The van der Waals surface area contributed by atoms with Crippen molar-refractivity contribution in [3.8, 4) is 5.69 Å². The van der Waals surface area contributed by atoms with Crippen LogP contribution in [0.15, 0.2) is 48.5 Å². The maximum absolute atomic E-state index is 13.1. The fourth-order valence-corrected chi connectivity index (χ4v) is 4.17. The van der Waals surface area contributed by atoms with E-state index in [4.69, 9.17) is 16.3 Å². The molecular formula is C24H26ClF3N4O. The third-order valence-electron chi connectivity index (χ3n) is 5.70. The highest BCUT2D eigenvalue weighted by atomic mass is 35.5. The Morgan fingerprint density at radius 2 is 1.73 bits per heavy atom. The second-order valence-corrected chi connectivity index (χ2v) is 8.48. The molecule has 176 valence electrons. The minimum atomic E-state index is -4.42. The van der Waals surface area contributed by atoms with Crippen LogP contribution >= 0.6 is 11.6 Å². The van der Waals surface area contributed by atoms with E-state index in [1.54, 1.807) is 13.0 Å². The fourth-order valence-electron chi connectivity index (χ4n) is 3.83. The van der Waals surface area contributed by atoms with Gasteiger partial charge in [-0.15, -0.1) is 0 Å². The Morgan fingerprint density at radius 1 is 1.03 bits per heavy atom. The Kier molecular flexibility index (Phi) is 7.38. The molecule has 0 spiro atoms. The molecule has 0 unspecified atom stereocenters. The van der Waals surface area contributed by atoms with Crippen LogP contribution in [-0.2, 0) is 30.5 Å². The smallest absolute Gasteiger partial charge is 0.379 e. The zero-order chi connectivity index (χ0) is 23.4. The zero-order valence-electron chi connectivity index (χ0n) is 18.3. The van der Waals surface area contributed by atoms with Gasteiger partial charge in [-0.2, -0.15) is 18.3 Å². The molecule has 33 heavy (non-hydrogen) atoms. The van der Waals surface area contributed by atoms with Gasteiger partial charge in [0.1, 0.15) is 5.15 Å². The summed E-state index contributed by atoms with van der Waals surface area (Å²) in [5, 5.41) is 8.02. The maximum atomic E-state index is 13.1. The van der Waals surface area contributed by atoms with Crippen molar-refractivity contribution in [3.63, 3.8) is 0 Å². The molecule has 2 aromatic carbocycles. The van der Waals surface area contributed by atoms with Gasteiger partial charge in [0.2, 0.25) is 0 Å². The molecule has 1 fully saturated rings. The first-order valence-corrected chi connectivity index (χ1v) is 11.2. The molecule has 0 amide bonds. The summed E-state index contributed by atoms with van der Waals surface area (Å²) in [5.74, 6) is 0. The second-order valence-electron chi connectivity index (χ2n) is 8.12.